The van der Waals surface area contributed by atoms with Crippen molar-refractivity contribution in [1.29, 1.82) is 0 Å². The molecule has 3 aromatic carbocycles. The van der Waals surface area contributed by atoms with Gasteiger partial charge in [0, 0.05) is 16.3 Å². The molecule has 0 saturated carbocycles. The van der Waals surface area contributed by atoms with Crippen LogP contribution in [-0.4, -0.2) is 22.4 Å². The second kappa shape index (κ2) is 8.80. The molecule has 5 aromatic rings. The molecule has 2 N–H and O–H groups in total. The monoisotopic (exact) mass is 455 g/mol. The number of H-pyrrole nitrogens is 1. The fourth-order valence-corrected chi connectivity index (χ4v) is 4.30. The number of hydrogen-bond donors (Lipinski definition) is 1. The molecule has 0 spiro atoms. The molecule has 0 saturated heterocycles. The van der Waals surface area contributed by atoms with Gasteiger partial charge in [0.05, 0.1) is 12.8 Å². The molecule has 174 valence electrons. The molecule has 0 atom stereocenters. The summed E-state index contributed by atoms with van der Waals surface area (Å²) in [5, 5.41) is 5.50. The van der Waals surface area contributed by atoms with Crippen LogP contribution in [0.4, 0.5) is 0 Å². The van der Waals surface area contributed by atoms with Gasteiger partial charge in [0.1, 0.15) is 11.3 Å². The number of aromatic nitrogens is 3. The minimum Gasteiger partial charge on any atom is -0.870 e. The summed E-state index contributed by atoms with van der Waals surface area (Å²) in [7, 11) is 1.66. The lowest BCUT2D eigenvalue weighted by Gasteiger charge is -2.19. The minimum atomic E-state index is -0.0622. The summed E-state index contributed by atoms with van der Waals surface area (Å²) >= 11 is 0. The Morgan fingerprint density at radius 2 is 1.62 bits per heavy atom. The standard InChI is InChI=1S/C28H27N3O2.H2O/c1-28(2,3)21-11-13-22(14-12-21)31-27(32)26-25(29-31)24-8-6-5-7-20(24)18-30(26)17-19-9-15-23(33-4)16-10-19;/h5-16,18H,17H2,1-4H3;1H2. The Labute approximate surface area is 198 Å². The minimum absolute atomic E-state index is 0. The maximum Gasteiger partial charge on any atom is 0.344 e. The Kier molecular flexibility index (Phi) is 6.02. The van der Waals surface area contributed by atoms with Gasteiger partial charge in [-0.05, 0) is 53.4 Å². The van der Waals surface area contributed by atoms with Crippen LogP contribution in [0.2, 0.25) is 0 Å². The highest BCUT2D eigenvalue weighted by Crippen LogP contribution is 2.24. The SMILES string of the molecule is COc1ccc(C[n+]2cc3ccccc3c3[nH]n(-c4ccc(C(C)(C)C)cc4)c(=O)c32)cc1.[OH-]. The molecule has 6 nitrogen and oxygen atoms in total. The molecule has 5 rings (SSSR count). The first-order valence-corrected chi connectivity index (χ1v) is 11.1. The third-order valence-electron chi connectivity index (χ3n) is 6.18. The van der Waals surface area contributed by atoms with Gasteiger partial charge >= 0.3 is 5.56 Å². The van der Waals surface area contributed by atoms with E-state index in [1.54, 1.807) is 11.8 Å². The van der Waals surface area contributed by atoms with E-state index in [-0.39, 0.29) is 16.5 Å². The van der Waals surface area contributed by atoms with Crippen LogP contribution in [0.25, 0.3) is 27.5 Å². The Bertz CT molecular complexity index is 1510. The summed E-state index contributed by atoms with van der Waals surface area (Å²) in [4.78, 5) is 13.7. The van der Waals surface area contributed by atoms with Crippen molar-refractivity contribution in [1.82, 2.24) is 9.78 Å². The Balaban J connectivity index is 0.00000274. The van der Waals surface area contributed by atoms with Crippen molar-refractivity contribution in [3.05, 3.63) is 100 Å². The van der Waals surface area contributed by atoms with E-state index in [0.717, 1.165) is 33.3 Å². The number of fused-ring (bicyclic) bond motifs is 3. The predicted octanol–water partition coefficient (Wildman–Crippen LogP) is 4.94. The van der Waals surface area contributed by atoms with Crippen LogP contribution in [0, 0.1) is 0 Å². The molecule has 0 aliphatic heterocycles. The summed E-state index contributed by atoms with van der Waals surface area (Å²) in [5.41, 5.74) is 4.64. The lowest BCUT2D eigenvalue weighted by Crippen LogP contribution is -2.38. The third-order valence-corrected chi connectivity index (χ3v) is 6.18. The first-order chi connectivity index (χ1) is 15.8. The summed E-state index contributed by atoms with van der Waals surface area (Å²) in [5.74, 6) is 0.815. The second-order valence-corrected chi connectivity index (χ2v) is 9.47. The lowest BCUT2D eigenvalue weighted by molar-refractivity contribution is -0.661. The largest absolute Gasteiger partial charge is 0.870 e. The number of hydrogen-bond acceptors (Lipinski definition) is 3. The van der Waals surface area contributed by atoms with Gasteiger partial charge in [-0.25, -0.2) is 4.68 Å². The van der Waals surface area contributed by atoms with E-state index < -0.39 is 0 Å². The quantitative estimate of drug-likeness (QED) is 0.390. The fourth-order valence-electron chi connectivity index (χ4n) is 4.30. The Morgan fingerprint density at radius 3 is 2.26 bits per heavy atom. The van der Waals surface area contributed by atoms with Crippen LogP contribution >= 0.6 is 0 Å². The van der Waals surface area contributed by atoms with Crippen LogP contribution in [0.1, 0.15) is 31.9 Å². The number of nitrogens with one attached hydrogen (secondary N) is 1. The first-order valence-electron chi connectivity index (χ1n) is 11.1. The van der Waals surface area contributed by atoms with Gasteiger partial charge in [-0.3, -0.25) is 9.89 Å². The first kappa shape index (κ1) is 23.3. The number of aromatic amines is 1. The molecule has 34 heavy (non-hydrogen) atoms. The molecule has 0 aliphatic carbocycles. The lowest BCUT2D eigenvalue weighted by atomic mass is 9.87. The predicted molar refractivity (Wildman–Crippen MR) is 134 cm³/mol. The van der Waals surface area contributed by atoms with Crippen LogP contribution in [-0.2, 0) is 12.0 Å². The highest BCUT2D eigenvalue weighted by atomic mass is 16.5. The smallest absolute Gasteiger partial charge is 0.344 e. The van der Waals surface area contributed by atoms with Crippen molar-refractivity contribution in [2.45, 2.75) is 32.7 Å². The second-order valence-electron chi connectivity index (χ2n) is 9.47. The van der Waals surface area contributed by atoms with Crippen LogP contribution in [0.15, 0.2) is 83.8 Å². The molecule has 0 amide bonds. The van der Waals surface area contributed by atoms with Crippen molar-refractivity contribution in [3.8, 4) is 11.4 Å². The number of pyridine rings is 1. The summed E-state index contributed by atoms with van der Waals surface area (Å²) in [6.07, 6.45) is 2.06. The average molecular weight is 456 g/mol. The van der Waals surface area contributed by atoms with Gasteiger partial charge in [-0.15, -0.1) is 0 Å². The maximum atomic E-state index is 13.7. The van der Waals surface area contributed by atoms with Crippen LogP contribution in [0.5, 0.6) is 5.75 Å². The summed E-state index contributed by atoms with van der Waals surface area (Å²) < 4.78 is 8.97. The van der Waals surface area contributed by atoms with Gasteiger partial charge in [-0.2, -0.15) is 4.57 Å². The van der Waals surface area contributed by atoms with Crippen molar-refractivity contribution in [3.63, 3.8) is 0 Å². The molecule has 0 radical (unpaired) electrons. The highest BCUT2D eigenvalue weighted by molar-refractivity contribution is 6.01. The summed E-state index contributed by atoms with van der Waals surface area (Å²) in [6, 6.07) is 24.3. The van der Waals surface area contributed by atoms with Crippen molar-refractivity contribution in [2.75, 3.05) is 7.11 Å². The van der Waals surface area contributed by atoms with Gasteiger partial charge in [0.2, 0.25) is 0 Å². The van der Waals surface area contributed by atoms with E-state index in [4.69, 9.17) is 4.74 Å². The van der Waals surface area contributed by atoms with E-state index in [1.165, 1.54) is 5.56 Å². The molecule has 0 bridgehead atoms. The zero-order valence-electron chi connectivity index (χ0n) is 19.9. The molecular formula is C28H29N3O3. The molecular weight excluding hydrogens is 426 g/mol. The van der Waals surface area contributed by atoms with E-state index in [0.29, 0.717) is 12.1 Å². The number of methoxy groups -OCH3 is 1. The van der Waals surface area contributed by atoms with Gasteiger partial charge in [0.15, 0.2) is 12.7 Å². The number of rotatable bonds is 4. The molecule has 2 aromatic heterocycles. The average Bonchev–Trinajstić information content (AvgIpc) is 3.17. The van der Waals surface area contributed by atoms with E-state index >= 15 is 0 Å². The number of nitrogens with zero attached hydrogens (tertiary/aromatic N) is 2. The fraction of sp³-hybridized carbons (Fsp3) is 0.214. The number of ether oxygens (including phenoxy) is 1. The van der Waals surface area contributed by atoms with Gasteiger partial charge in [0.25, 0.3) is 5.52 Å². The zero-order chi connectivity index (χ0) is 23.2. The number of benzene rings is 3. The highest BCUT2D eigenvalue weighted by Gasteiger charge is 2.23. The molecule has 0 unspecified atom stereocenters. The van der Waals surface area contributed by atoms with E-state index in [1.807, 2.05) is 53.1 Å². The van der Waals surface area contributed by atoms with E-state index in [2.05, 4.69) is 56.3 Å². The van der Waals surface area contributed by atoms with Gasteiger partial charge < -0.3 is 10.2 Å². The topological polar surface area (TPSA) is 80.9 Å². The van der Waals surface area contributed by atoms with E-state index in [9.17, 15) is 4.79 Å². The van der Waals surface area contributed by atoms with Crippen molar-refractivity contribution < 1.29 is 14.8 Å². The molecule has 2 heterocycles. The van der Waals surface area contributed by atoms with Crippen molar-refractivity contribution in [2.24, 2.45) is 0 Å². The normalized spacial score (nSPS) is 11.5. The molecule has 0 fully saturated rings. The Morgan fingerprint density at radius 1 is 0.941 bits per heavy atom. The molecule has 6 heteroatoms. The van der Waals surface area contributed by atoms with Gasteiger partial charge in [-0.1, -0.05) is 51.1 Å². The third kappa shape index (κ3) is 4.08. The van der Waals surface area contributed by atoms with Crippen LogP contribution in [0.3, 0.4) is 0 Å². The molecule has 0 aliphatic rings. The maximum absolute atomic E-state index is 13.7. The zero-order valence-corrected chi connectivity index (χ0v) is 19.9. The summed E-state index contributed by atoms with van der Waals surface area (Å²) in [6.45, 7) is 7.14. The van der Waals surface area contributed by atoms with Crippen molar-refractivity contribution >= 4 is 21.8 Å². The van der Waals surface area contributed by atoms with Crippen LogP contribution < -0.4 is 14.9 Å². The Hall–Kier alpha value is -3.90.